The molecule has 0 bridgehead atoms. The van der Waals surface area contributed by atoms with Crippen LogP contribution >= 0.6 is 0 Å². The Morgan fingerprint density at radius 2 is 1.55 bits per heavy atom. The molecule has 2 aromatic rings. The zero-order valence-corrected chi connectivity index (χ0v) is 24.6. The van der Waals surface area contributed by atoms with Crippen LogP contribution in [0.5, 0.6) is 5.75 Å². The fourth-order valence-corrected chi connectivity index (χ4v) is 3.77. The van der Waals surface area contributed by atoms with Gasteiger partial charge in [0.15, 0.2) is 11.9 Å². The molecule has 11 N–H and O–H groups in total. The number of nitrogens with zero attached hydrogens (tertiary/aromatic N) is 2. The standard InChI is InChI=1S/C15H22N2O2.C12H19N3O.C2H7N3/c1-3-13(9-14-7-5-4-6-8-14)10-16-15(19)12(2)17-11-18;1-7-4-10(16)5-8(2)11(7)6-9(3)15-12(13)14;1-5-2(3)4/h4-8,11-13H,3,9-10H2,1-2H3,(H,16,19)(H,17,18);4-5,9,16H,6H2,1-3H3,(H4,13,14,15);1H3,(H4,3,4,5)/t12-,13?;9-;/m11./s1. The fraction of sp³-hybridized carbons (Fsp3) is 0.448. The lowest BCUT2D eigenvalue weighted by Gasteiger charge is -2.17. The van der Waals surface area contributed by atoms with Crippen molar-refractivity contribution in [3.8, 4) is 5.75 Å². The number of nitrogens with one attached hydrogen (secondary N) is 2. The van der Waals surface area contributed by atoms with Crippen molar-refractivity contribution in [1.82, 2.24) is 10.6 Å². The number of benzene rings is 2. The largest absolute Gasteiger partial charge is 0.508 e. The van der Waals surface area contributed by atoms with Crippen molar-refractivity contribution in [3.05, 3.63) is 64.7 Å². The number of aromatic hydroxyl groups is 1. The summed E-state index contributed by atoms with van der Waals surface area (Å²) in [5, 5.41) is 14.8. The van der Waals surface area contributed by atoms with E-state index in [-0.39, 0.29) is 23.9 Å². The molecule has 2 rings (SSSR count). The molecule has 40 heavy (non-hydrogen) atoms. The maximum atomic E-state index is 11.7. The zero-order chi connectivity index (χ0) is 30.7. The number of hydrogen-bond donors (Lipinski definition) is 7. The molecule has 11 heteroatoms. The molecule has 0 aromatic heterocycles. The summed E-state index contributed by atoms with van der Waals surface area (Å²) in [5.74, 6) is 0.813. The molecule has 0 spiro atoms. The van der Waals surface area contributed by atoms with Crippen LogP contribution in [0.4, 0.5) is 0 Å². The van der Waals surface area contributed by atoms with E-state index in [1.54, 1.807) is 19.1 Å². The van der Waals surface area contributed by atoms with E-state index in [1.165, 1.54) is 18.2 Å². The first-order chi connectivity index (χ1) is 18.8. The Kier molecular flexibility index (Phi) is 17.6. The highest BCUT2D eigenvalue weighted by atomic mass is 16.3. The van der Waals surface area contributed by atoms with Gasteiger partial charge in [0.2, 0.25) is 12.3 Å². The van der Waals surface area contributed by atoms with Crippen LogP contribution in [0.25, 0.3) is 0 Å². The first-order valence-corrected chi connectivity index (χ1v) is 13.2. The number of rotatable bonds is 11. The Labute approximate surface area is 238 Å². The van der Waals surface area contributed by atoms with Gasteiger partial charge in [-0.3, -0.25) is 19.6 Å². The molecule has 3 atom stereocenters. The molecule has 222 valence electrons. The molecule has 0 aliphatic heterocycles. The number of aliphatic imine (C=N–C) groups is 2. The van der Waals surface area contributed by atoms with Gasteiger partial charge in [-0.05, 0) is 80.8 Å². The van der Waals surface area contributed by atoms with Gasteiger partial charge in [-0.2, -0.15) is 0 Å². The minimum absolute atomic E-state index is 0.0481. The van der Waals surface area contributed by atoms with E-state index in [9.17, 15) is 14.7 Å². The van der Waals surface area contributed by atoms with Crippen LogP contribution in [-0.4, -0.2) is 55.0 Å². The highest BCUT2D eigenvalue weighted by Crippen LogP contribution is 2.22. The van der Waals surface area contributed by atoms with Crippen LogP contribution in [0.1, 0.15) is 49.4 Å². The molecule has 0 aliphatic rings. The molecule has 0 saturated heterocycles. The molecule has 0 radical (unpaired) electrons. The molecule has 0 heterocycles. The monoisotopic (exact) mass is 556 g/mol. The zero-order valence-electron chi connectivity index (χ0n) is 24.6. The first-order valence-electron chi connectivity index (χ1n) is 13.2. The van der Waals surface area contributed by atoms with Gasteiger partial charge in [-0.1, -0.05) is 43.7 Å². The Bertz CT molecular complexity index is 1060. The number of carbonyl (C=O) groups is 2. The fourth-order valence-electron chi connectivity index (χ4n) is 3.77. The lowest BCUT2D eigenvalue weighted by atomic mass is 9.97. The topological polar surface area (TPSA) is 207 Å². The highest BCUT2D eigenvalue weighted by molar-refractivity contribution is 5.83. The lowest BCUT2D eigenvalue weighted by Crippen LogP contribution is -2.43. The van der Waals surface area contributed by atoms with Crippen LogP contribution in [0.15, 0.2) is 52.4 Å². The van der Waals surface area contributed by atoms with Crippen molar-refractivity contribution in [2.24, 2.45) is 38.8 Å². The van der Waals surface area contributed by atoms with E-state index in [1.807, 2.05) is 39.0 Å². The van der Waals surface area contributed by atoms with Gasteiger partial charge in [0.05, 0.1) is 6.04 Å². The third-order valence-electron chi connectivity index (χ3n) is 6.03. The van der Waals surface area contributed by atoms with Gasteiger partial charge < -0.3 is 38.7 Å². The predicted octanol–water partition coefficient (Wildman–Crippen LogP) is 1.61. The van der Waals surface area contributed by atoms with Crippen molar-refractivity contribution >= 4 is 24.2 Å². The Hall–Kier alpha value is -4.28. The summed E-state index contributed by atoms with van der Waals surface area (Å²) in [6, 6.07) is 13.3. The van der Waals surface area contributed by atoms with E-state index < -0.39 is 6.04 Å². The number of amides is 2. The molecule has 2 amide bonds. The molecule has 11 nitrogen and oxygen atoms in total. The van der Waals surface area contributed by atoms with Gasteiger partial charge in [0.1, 0.15) is 11.8 Å². The molecule has 0 aliphatic carbocycles. The first kappa shape index (κ1) is 35.7. The van der Waals surface area contributed by atoms with Crippen molar-refractivity contribution in [3.63, 3.8) is 0 Å². The van der Waals surface area contributed by atoms with Crippen molar-refractivity contribution < 1.29 is 14.7 Å². The second kappa shape index (κ2) is 19.7. The summed E-state index contributed by atoms with van der Waals surface area (Å²) in [5.41, 5.74) is 24.9. The molecule has 0 fully saturated rings. The highest BCUT2D eigenvalue weighted by Gasteiger charge is 2.14. The Morgan fingerprint density at radius 3 is 2.00 bits per heavy atom. The van der Waals surface area contributed by atoms with Gasteiger partial charge >= 0.3 is 0 Å². The van der Waals surface area contributed by atoms with E-state index in [2.05, 4.69) is 39.7 Å². The number of phenols is 1. The van der Waals surface area contributed by atoms with Crippen molar-refractivity contribution in [2.45, 2.75) is 66.0 Å². The molecule has 2 aromatic carbocycles. The molecular weight excluding hydrogens is 508 g/mol. The summed E-state index contributed by atoms with van der Waals surface area (Å²) in [4.78, 5) is 29.4. The van der Waals surface area contributed by atoms with Gasteiger partial charge in [0, 0.05) is 13.6 Å². The van der Waals surface area contributed by atoms with Crippen molar-refractivity contribution in [2.75, 3.05) is 13.6 Å². The summed E-state index contributed by atoms with van der Waals surface area (Å²) in [6.07, 6.45) is 3.28. The quantitative estimate of drug-likeness (QED) is 0.123. The van der Waals surface area contributed by atoms with Crippen LogP contribution in [0, 0.1) is 19.8 Å². The lowest BCUT2D eigenvalue weighted by molar-refractivity contribution is -0.125. The molecular formula is C29H48N8O3. The average molecular weight is 557 g/mol. The maximum absolute atomic E-state index is 11.7. The summed E-state index contributed by atoms with van der Waals surface area (Å²) in [6.45, 7) is 10.3. The van der Waals surface area contributed by atoms with Gasteiger partial charge in [-0.25, -0.2) is 0 Å². The smallest absolute Gasteiger partial charge is 0.242 e. The second-order valence-electron chi connectivity index (χ2n) is 9.53. The molecule has 1 unspecified atom stereocenters. The SMILES string of the molecule is CCC(CNC(=O)[C@@H](C)NC=O)Cc1ccccc1.CN=C(N)N.Cc1cc(O)cc(C)c1C[C@@H](C)N=C(N)N. The van der Waals surface area contributed by atoms with Crippen LogP contribution in [0.2, 0.25) is 0 Å². The minimum Gasteiger partial charge on any atom is -0.508 e. The summed E-state index contributed by atoms with van der Waals surface area (Å²) < 4.78 is 0. The Morgan fingerprint density at radius 1 is 1.00 bits per heavy atom. The number of nitrogens with two attached hydrogens (primary N) is 4. The normalized spacial score (nSPS) is 12.1. The second-order valence-corrected chi connectivity index (χ2v) is 9.53. The van der Waals surface area contributed by atoms with Crippen LogP contribution in [0.3, 0.4) is 0 Å². The Balaban J connectivity index is 0.000000657. The minimum atomic E-state index is -0.480. The van der Waals surface area contributed by atoms with Crippen molar-refractivity contribution in [1.29, 1.82) is 0 Å². The van der Waals surface area contributed by atoms with Gasteiger partial charge in [0.25, 0.3) is 0 Å². The number of aryl methyl sites for hydroxylation is 2. The number of carbonyl (C=O) groups excluding carboxylic acids is 2. The van der Waals surface area contributed by atoms with E-state index in [0.29, 0.717) is 24.6 Å². The van der Waals surface area contributed by atoms with Gasteiger partial charge in [-0.15, -0.1) is 0 Å². The van der Waals surface area contributed by atoms with Crippen LogP contribution < -0.4 is 33.6 Å². The third-order valence-corrected chi connectivity index (χ3v) is 6.03. The number of guanidine groups is 2. The third kappa shape index (κ3) is 15.9. The van der Waals surface area contributed by atoms with E-state index in [0.717, 1.165) is 30.4 Å². The van der Waals surface area contributed by atoms with E-state index >= 15 is 0 Å². The number of phenolic OH excluding ortho intramolecular Hbond substituents is 1. The average Bonchev–Trinajstić information content (AvgIpc) is 2.89. The van der Waals surface area contributed by atoms with Crippen LogP contribution in [-0.2, 0) is 22.4 Å². The predicted molar refractivity (Wildman–Crippen MR) is 164 cm³/mol. The van der Waals surface area contributed by atoms with E-state index in [4.69, 9.17) is 22.9 Å². The summed E-state index contributed by atoms with van der Waals surface area (Å²) in [7, 11) is 1.54. The number of hydrogen-bond acceptors (Lipinski definition) is 5. The molecule has 0 saturated carbocycles. The maximum Gasteiger partial charge on any atom is 0.242 e. The summed E-state index contributed by atoms with van der Waals surface area (Å²) >= 11 is 0.